The number of carbonyl (C=O) groups is 1. The fraction of sp³-hybridized carbons (Fsp3) is 0.743. The molecule has 0 bridgehead atoms. The Hall–Kier alpha value is -1.68. The van der Waals surface area contributed by atoms with E-state index >= 15 is 0 Å². The van der Waals surface area contributed by atoms with Crippen LogP contribution in [0.3, 0.4) is 0 Å². The van der Waals surface area contributed by atoms with Gasteiger partial charge in [0.15, 0.2) is 0 Å². The highest BCUT2D eigenvalue weighted by molar-refractivity contribution is 5.90. The van der Waals surface area contributed by atoms with Gasteiger partial charge in [-0.15, -0.1) is 0 Å². The first kappa shape index (κ1) is 27.5. The molecule has 214 valence electrons. The first-order chi connectivity index (χ1) is 18.2. The zero-order chi connectivity index (χ0) is 28.2. The Morgan fingerprint density at radius 2 is 1.69 bits per heavy atom. The first-order valence-electron chi connectivity index (χ1n) is 15.6. The van der Waals surface area contributed by atoms with Crippen molar-refractivity contribution < 1.29 is 13.9 Å². The Labute approximate surface area is 235 Å². The number of nitrogens with two attached hydrogens (primary N) is 1. The van der Waals surface area contributed by atoms with E-state index in [4.69, 9.17) is 10.5 Å². The van der Waals surface area contributed by atoms with Crippen LogP contribution in [0.2, 0.25) is 0 Å². The summed E-state index contributed by atoms with van der Waals surface area (Å²) in [4.78, 5) is 12.0. The van der Waals surface area contributed by atoms with Gasteiger partial charge < -0.3 is 10.5 Å². The Balaban J connectivity index is 1.35. The number of fused-ring (bicyclic) bond motifs is 7. The van der Waals surface area contributed by atoms with Crippen molar-refractivity contribution in [2.24, 2.45) is 57.0 Å². The van der Waals surface area contributed by atoms with Gasteiger partial charge in [0.1, 0.15) is 5.82 Å². The van der Waals surface area contributed by atoms with E-state index in [0.29, 0.717) is 28.6 Å². The third kappa shape index (κ3) is 3.52. The largest absolute Gasteiger partial charge is 0.465 e. The molecule has 0 radical (unpaired) electrons. The number of esters is 1. The number of ether oxygens (including phenoxy) is 1. The van der Waals surface area contributed by atoms with E-state index in [2.05, 4.69) is 47.6 Å². The fourth-order valence-electron chi connectivity index (χ4n) is 12.1. The van der Waals surface area contributed by atoms with Crippen LogP contribution >= 0.6 is 0 Å². The van der Waals surface area contributed by atoms with E-state index in [0.717, 1.165) is 23.8 Å². The van der Waals surface area contributed by atoms with Crippen molar-refractivity contribution in [1.82, 2.24) is 0 Å². The van der Waals surface area contributed by atoms with Gasteiger partial charge in [-0.05, 0) is 132 Å². The zero-order valence-electron chi connectivity index (χ0n) is 25.3. The van der Waals surface area contributed by atoms with E-state index < -0.39 is 11.8 Å². The van der Waals surface area contributed by atoms with Crippen LogP contribution in [0.25, 0.3) is 5.57 Å². The second-order valence-corrected chi connectivity index (χ2v) is 15.7. The van der Waals surface area contributed by atoms with Crippen molar-refractivity contribution in [2.45, 2.75) is 105 Å². The SMILES string of the molecule is COC(=O)c1ccc(C2=CC[C@]3(C)[C@H]4CC[C@@H]5[C@H]6[C@H](C)CC[C@]6(N)CC[C@@]5(C)[C@]4(C)CC[C@H]3C2(C)C)cc1F. The van der Waals surface area contributed by atoms with E-state index in [1.54, 1.807) is 12.1 Å². The molecule has 5 aliphatic carbocycles. The first-order valence-corrected chi connectivity index (χ1v) is 15.6. The number of rotatable bonds is 2. The van der Waals surface area contributed by atoms with Gasteiger partial charge in [0.25, 0.3) is 0 Å². The van der Waals surface area contributed by atoms with Crippen molar-refractivity contribution in [3.63, 3.8) is 0 Å². The Bertz CT molecular complexity index is 1220. The summed E-state index contributed by atoms with van der Waals surface area (Å²) in [6.07, 6.45) is 13.6. The summed E-state index contributed by atoms with van der Waals surface area (Å²) in [5.41, 5.74) is 10.2. The number of benzene rings is 1. The molecule has 0 aliphatic heterocycles. The van der Waals surface area contributed by atoms with Crippen molar-refractivity contribution in [1.29, 1.82) is 0 Å². The Kier molecular flexibility index (Phi) is 6.11. The Morgan fingerprint density at radius 1 is 0.949 bits per heavy atom. The second-order valence-electron chi connectivity index (χ2n) is 15.7. The van der Waals surface area contributed by atoms with Gasteiger partial charge in [-0.25, -0.2) is 9.18 Å². The average molecular weight is 536 g/mol. The fourth-order valence-corrected chi connectivity index (χ4v) is 12.1. The summed E-state index contributed by atoms with van der Waals surface area (Å²) in [5.74, 6) is 2.27. The molecule has 0 aromatic heterocycles. The molecule has 0 unspecified atom stereocenters. The smallest absolute Gasteiger partial charge is 0.340 e. The predicted octanol–water partition coefficient (Wildman–Crippen LogP) is 8.42. The van der Waals surface area contributed by atoms with Gasteiger partial charge >= 0.3 is 5.97 Å². The molecule has 1 aromatic carbocycles. The predicted molar refractivity (Wildman–Crippen MR) is 155 cm³/mol. The molecule has 3 nitrogen and oxygen atoms in total. The molecule has 39 heavy (non-hydrogen) atoms. The van der Waals surface area contributed by atoms with E-state index in [-0.39, 0.29) is 21.9 Å². The molecular weight excluding hydrogens is 485 g/mol. The minimum atomic E-state index is -0.624. The highest BCUT2D eigenvalue weighted by Crippen LogP contribution is 2.76. The molecule has 4 fully saturated rings. The molecule has 4 heteroatoms. The van der Waals surface area contributed by atoms with Crippen LogP contribution in [-0.2, 0) is 4.74 Å². The number of hydrogen-bond donors (Lipinski definition) is 1. The number of methoxy groups -OCH3 is 1. The lowest BCUT2D eigenvalue weighted by atomic mass is 9.33. The number of halogens is 1. The summed E-state index contributed by atoms with van der Waals surface area (Å²) in [5, 5.41) is 0. The van der Waals surface area contributed by atoms with Crippen molar-refractivity contribution in [3.05, 3.63) is 41.2 Å². The Morgan fingerprint density at radius 3 is 2.38 bits per heavy atom. The van der Waals surface area contributed by atoms with Crippen LogP contribution in [0, 0.1) is 57.1 Å². The quantitative estimate of drug-likeness (QED) is 0.387. The second kappa shape index (κ2) is 8.66. The summed E-state index contributed by atoms with van der Waals surface area (Å²) in [6.45, 7) is 15.2. The standard InChI is InChI=1S/C35H50FNO2/c1-21-12-17-35(37)19-18-33(5)25(29(21)35)10-11-28-32(4)15-13-24(31(2,3)27(32)14-16-34(28,33)6)22-8-9-23(26(36)20-22)30(38)39-7/h8-9,13,20-21,25,27-29H,10-12,14-19,37H2,1-7H3/t21-,25-,27+,28-,29-,32+,33-,34-,35+/m1/s1. The molecule has 5 aliphatic rings. The van der Waals surface area contributed by atoms with Crippen LogP contribution in [0.1, 0.15) is 115 Å². The van der Waals surface area contributed by atoms with Crippen LogP contribution in [0.15, 0.2) is 24.3 Å². The topological polar surface area (TPSA) is 52.3 Å². The average Bonchev–Trinajstić information content (AvgIpc) is 3.18. The van der Waals surface area contributed by atoms with E-state index in [1.165, 1.54) is 64.0 Å². The lowest BCUT2D eigenvalue weighted by molar-refractivity contribution is -0.217. The van der Waals surface area contributed by atoms with Gasteiger partial charge in [-0.1, -0.05) is 53.7 Å². The number of allylic oxidation sites excluding steroid dienone is 2. The lowest BCUT2D eigenvalue weighted by Crippen LogP contribution is -2.67. The van der Waals surface area contributed by atoms with Crippen molar-refractivity contribution in [2.75, 3.05) is 7.11 Å². The molecule has 0 saturated heterocycles. The maximum Gasteiger partial charge on any atom is 0.340 e. The molecule has 1 aromatic rings. The zero-order valence-corrected chi connectivity index (χ0v) is 25.3. The summed E-state index contributed by atoms with van der Waals surface area (Å²) < 4.78 is 19.8. The summed E-state index contributed by atoms with van der Waals surface area (Å²) >= 11 is 0. The van der Waals surface area contributed by atoms with Gasteiger partial charge in [0.2, 0.25) is 0 Å². The van der Waals surface area contributed by atoms with Crippen LogP contribution in [-0.4, -0.2) is 18.6 Å². The third-order valence-electron chi connectivity index (χ3n) is 14.1. The molecule has 0 amide bonds. The maximum atomic E-state index is 15.0. The van der Waals surface area contributed by atoms with E-state index in [1.807, 2.05) is 6.07 Å². The van der Waals surface area contributed by atoms with Crippen molar-refractivity contribution >= 4 is 11.5 Å². The maximum absolute atomic E-state index is 15.0. The highest BCUT2D eigenvalue weighted by Gasteiger charge is 2.69. The summed E-state index contributed by atoms with van der Waals surface area (Å²) in [6, 6.07) is 5.05. The van der Waals surface area contributed by atoms with Crippen molar-refractivity contribution in [3.8, 4) is 0 Å². The monoisotopic (exact) mass is 535 g/mol. The molecule has 4 saturated carbocycles. The van der Waals surface area contributed by atoms with E-state index in [9.17, 15) is 9.18 Å². The van der Waals surface area contributed by atoms with Gasteiger partial charge in [0, 0.05) is 5.54 Å². The normalized spacial score (nSPS) is 46.3. The van der Waals surface area contributed by atoms with Crippen LogP contribution < -0.4 is 5.73 Å². The molecule has 2 N–H and O–H groups in total. The minimum Gasteiger partial charge on any atom is -0.465 e. The lowest BCUT2D eigenvalue weighted by Gasteiger charge is -2.72. The van der Waals surface area contributed by atoms with Gasteiger partial charge in [-0.2, -0.15) is 0 Å². The highest BCUT2D eigenvalue weighted by atomic mass is 19.1. The third-order valence-corrected chi connectivity index (χ3v) is 14.1. The number of carbonyl (C=O) groups excluding carboxylic acids is 1. The molecule has 0 heterocycles. The molecule has 0 spiro atoms. The molecule has 6 rings (SSSR count). The molecule has 9 atom stereocenters. The number of hydrogen-bond acceptors (Lipinski definition) is 3. The minimum absolute atomic E-state index is 0.00398. The summed E-state index contributed by atoms with van der Waals surface area (Å²) in [7, 11) is 1.29. The van der Waals surface area contributed by atoms with Crippen LogP contribution in [0.4, 0.5) is 4.39 Å². The molecular formula is C35H50FNO2. The van der Waals surface area contributed by atoms with Gasteiger partial charge in [-0.3, -0.25) is 0 Å². The van der Waals surface area contributed by atoms with Crippen LogP contribution in [0.5, 0.6) is 0 Å². The van der Waals surface area contributed by atoms with Gasteiger partial charge in [0.05, 0.1) is 12.7 Å².